The topological polar surface area (TPSA) is 67.2 Å². The molecule has 0 fully saturated rings. The number of thioether (sulfide) groups is 1. The van der Waals surface area contributed by atoms with Crippen molar-refractivity contribution in [2.24, 2.45) is 0 Å². The molecule has 0 unspecified atom stereocenters. The highest BCUT2D eigenvalue weighted by Crippen LogP contribution is 2.41. The van der Waals surface area contributed by atoms with E-state index in [9.17, 15) is 21.6 Å². The lowest BCUT2D eigenvalue weighted by molar-refractivity contribution is -0.0328. The molecule has 0 aliphatic carbocycles. The van der Waals surface area contributed by atoms with Gasteiger partial charge in [0, 0.05) is 21.6 Å². The van der Waals surface area contributed by atoms with Crippen LogP contribution in [0.4, 0.5) is 13.2 Å². The monoisotopic (exact) mass is 331 g/mol. The van der Waals surface area contributed by atoms with Crippen LogP contribution in [-0.2, 0) is 9.05 Å². The van der Waals surface area contributed by atoms with Crippen molar-refractivity contribution >= 4 is 31.5 Å². The number of hydrogen-bond acceptors (Lipinski definition) is 5. The Balaban J connectivity index is 3.53. The minimum atomic E-state index is -4.66. The standard InChI is InChI=1S/C9H5ClF3NO3S2/c1-17-6-2-5(4-14)7(18-9(11,12)13)3-8(6)19(10,15)16/h2-3H,1H3. The number of ether oxygens (including phenoxy) is 1. The molecule has 0 bridgehead atoms. The van der Waals surface area contributed by atoms with Gasteiger partial charge in [-0.3, -0.25) is 0 Å². The molecular weight excluding hydrogens is 327 g/mol. The molecule has 1 rings (SSSR count). The van der Waals surface area contributed by atoms with Crippen LogP contribution < -0.4 is 4.74 Å². The molecule has 4 nitrogen and oxygen atoms in total. The quantitative estimate of drug-likeness (QED) is 0.629. The highest BCUT2D eigenvalue weighted by Gasteiger charge is 2.32. The van der Waals surface area contributed by atoms with Gasteiger partial charge in [-0.15, -0.1) is 0 Å². The maximum Gasteiger partial charge on any atom is 0.446 e. The second kappa shape index (κ2) is 5.48. The highest BCUT2D eigenvalue weighted by molar-refractivity contribution is 8.13. The van der Waals surface area contributed by atoms with Crippen molar-refractivity contribution in [2.45, 2.75) is 15.3 Å². The Morgan fingerprint density at radius 1 is 1.42 bits per heavy atom. The summed E-state index contributed by atoms with van der Waals surface area (Å²) in [7, 11) is 1.92. The minimum Gasteiger partial charge on any atom is -0.495 e. The lowest BCUT2D eigenvalue weighted by atomic mass is 10.2. The van der Waals surface area contributed by atoms with E-state index in [4.69, 9.17) is 20.7 Å². The predicted octanol–water partition coefficient (Wildman–Crippen LogP) is 3.11. The lowest BCUT2D eigenvalue weighted by Gasteiger charge is -2.11. The summed E-state index contributed by atoms with van der Waals surface area (Å²) >= 11 is -0.600. The van der Waals surface area contributed by atoms with Crippen LogP contribution in [0.2, 0.25) is 0 Å². The maximum absolute atomic E-state index is 12.3. The van der Waals surface area contributed by atoms with Gasteiger partial charge in [0.05, 0.1) is 12.7 Å². The van der Waals surface area contributed by atoms with Crippen LogP contribution in [0.15, 0.2) is 21.9 Å². The highest BCUT2D eigenvalue weighted by atomic mass is 35.7. The number of methoxy groups -OCH3 is 1. The summed E-state index contributed by atoms with van der Waals surface area (Å²) in [5, 5.41) is 8.76. The van der Waals surface area contributed by atoms with Crippen molar-refractivity contribution in [1.82, 2.24) is 0 Å². The molecule has 0 aliphatic heterocycles. The van der Waals surface area contributed by atoms with Crippen LogP contribution in [0, 0.1) is 11.3 Å². The second-order valence-corrected chi connectivity index (χ2v) is 6.74. The van der Waals surface area contributed by atoms with Crippen molar-refractivity contribution in [3.63, 3.8) is 0 Å². The zero-order chi connectivity index (χ0) is 14.8. The van der Waals surface area contributed by atoms with Crippen LogP contribution in [0.1, 0.15) is 5.56 Å². The number of nitrogens with zero attached hydrogens (tertiary/aromatic N) is 1. The van der Waals surface area contributed by atoms with Gasteiger partial charge in [0.1, 0.15) is 16.7 Å². The van der Waals surface area contributed by atoms with E-state index in [0.29, 0.717) is 6.07 Å². The fraction of sp³-hybridized carbons (Fsp3) is 0.222. The van der Waals surface area contributed by atoms with E-state index in [1.807, 2.05) is 0 Å². The molecule has 0 N–H and O–H groups in total. The summed E-state index contributed by atoms with van der Waals surface area (Å²) in [5.41, 5.74) is -5.02. The molecule has 1 aromatic rings. The number of nitriles is 1. The summed E-state index contributed by atoms with van der Waals surface area (Å²) in [4.78, 5) is -1.18. The van der Waals surface area contributed by atoms with Crippen molar-refractivity contribution in [1.29, 1.82) is 5.26 Å². The molecule has 0 aliphatic rings. The van der Waals surface area contributed by atoms with E-state index in [1.165, 1.54) is 6.07 Å². The number of halogens is 4. The zero-order valence-corrected chi connectivity index (χ0v) is 11.5. The first-order valence-electron chi connectivity index (χ1n) is 4.41. The third kappa shape index (κ3) is 4.19. The fourth-order valence-corrected chi connectivity index (χ4v) is 2.91. The van der Waals surface area contributed by atoms with E-state index in [2.05, 4.69) is 0 Å². The van der Waals surface area contributed by atoms with Gasteiger partial charge in [-0.2, -0.15) is 18.4 Å². The molecule has 0 amide bonds. The molecule has 19 heavy (non-hydrogen) atoms. The second-order valence-electron chi connectivity index (χ2n) is 3.10. The van der Waals surface area contributed by atoms with Crippen LogP contribution in [0.25, 0.3) is 0 Å². The van der Waals surface area contributed by atoms with E-state index >= 15 is 0 Å². The molecular formula is C9H5ClF3NO3S2. The van der Waals surface area contributed by atoms with Gasteiger partial charge in [0.25, 0.3) is 9.05 Å². The third-order valence-corrected chi connectivity index (χ3v) is 4.01. The summed E-state index contributed by atoms with van der Waals surface area (Å²) in [5.74, 6) is -0.293. The van der Waals surface area contributed by atoms with Gasteiger partial charge >= 0.3 is 5.51 Å². The fourth-order valence-electron chi connectivity index (χ4n) is 1.19. The first-order chi connectivity index (χ1) is 8.58. The average molecular weight is 332 g/mol. The van der Waals surface area contributed by atoms with E-state index in [0.717, 1.165) is 13.2 Å². The summed E-state index contributed by atoms with van der Waals surface area (Å²) in [6.45, 7) is 0. The summed E-state index contributed by atoms with van der Waals surface area (Å²) in [6, 6.07) is 3.09. The molecule has 104 valence electrons. The zero-order valence-electron chi connectivity index (χ0n) is 9.16. The smallest absolute Gasteiger partial charge is 0.446 e. The Morgan fingerprint density at radius 3 is 2.37 bits per heavy atom. The Morgan fingerprint density at radius 2 is 2.00 bits per heavy atom. The van der Waals surface area contributed by atoms with Gasteiger partial charge in [-0.25, -0.2) is 8.42 Å². The molecule has 0 spiro atoms. The molecule has 0 saturated carbocycles. The van der Waals surface area contributed by atoms with E-state index in [-0.39, 0.29) is 11.3 Å². The molecule has 0 heterocycles. The number of rotatable bonds is 3. The van der Waals surface area contributed by atoms with Gasteiger partial charge in [-0.05, 0) is 17.8 Å². The minimum absolute atomic E-state index is 0.293. The van der Waals surface area contributed by atoms with Crippen LogP contribution in [-0.4, -0.2) is 21.0 Å². The molecule has 0 radical (unpaired) electrons. The maximum atomic E-state index is 12.3. The first kappa shape index (κ1) is 15.9. The van der Waals surface area contributed by atoms with Gasteiger partial charge in [0.2, 0.25) is 0 Å². The van der Waals surface area contributed by atoms with E-state index in [1.54, 1.807) is 0 Å². The summed E-state index contributed by atoms with van der Waals surface area (Å²) < 4.78 is 64.1. The molecule has 0 aromatic heterocycles. The van der Waals surface area contributed by atoms with E-state index < -0.39 is 36.1 Å². The van der Waals surface area contributed by atoms with Crippen molar-refractivity contribution in [3.8, 4) is 11.8 Å². The lowest BCUT2D eigenvalue weighted by Crippen LogP contribution is -2.03. The average Bonchev–Trinajstić information content (AvgIpc) is 2.25. The normalized spacial score (nSPS) is 12.0. The molecule has 0 saturated heterocycles. The Hall–Kier alpha value is -1.11. The number of alkyl halides is 3. The Kier molecular flexibility index (Phi) is 4.60. The predicted molar refractivity (Wildman–Crippen MR) is 62.7 cm³/mol. The largest absolute Gasteiger partial charge is 0.495 e. The van der Waals surface area contributed by atoms with Gasteiger partial charge < -0.3 is 4.74 Å². The molecule has 0 atom stereocenters. The van der Waals surface area contributed by atoms with Crippen LogP contribution >= 0.6 is 22.4 Å². The number of benzene rings is 1. The van der Waals surface area contributed by atoms with Crippen molar-refractivity contribution in [2.75, 3.05) is 7.11 Å². The Bertz CT molecular complexity index is 637. The van der Waals surface area contributed by atoms with Crippen LogP contribution in [0.5, 0.6) is 5.75 Å². The molecule has 1 aromatic carbocycles. The van der Waals surface area contributed by atoms with Crippen molar-refractivity contribution in [3.05, 3.63) is 17.7 Å². The molecule has 10 heteroatoms. The first-order valence-corrected chi connectivity index (χ1v) is 7.53. The summed E-state index contributed by atoms with van der Waals surface area (Å²) in [6.07, 6.45) is 0. The van der Waals surface area contributed by atoms with Gasteiger partial charge in [-0.1, -0.05) is 0 Å². The Labute approximate surface area is 115 Å². The third-order valence-electron chi connectivity index (χ3n) is 1.87. The van der Waals surface area contributed by atoms with Crippen LogP contribution in [0.3, 0.4) is 0 Å². The van der Waals surface area contributed by atoms with Gasteiger partial charge in [0.15, 0.2) is 0 Å². The SMILES string of the molecule is COc1cc(C#N)c(SC(F)(F)F)cc1S(=O)(=O)Cl. The number of hydrogen-bond donors (Lipinski definition) is 0. The van der Waals surface area contributed by atoms with Crippen molar-refractivity contribution < 1.29 is 26.3 Å².